The summed E-state index contributed by atoms with van der Waals surface area (Å²) in [5.41, 5.74) is 0.969. The summed E-state index contributed by atoms with van der Waals surface area (Å²) < 4.78 is 44.3. The van der Waals surface area contributed by atoms with Crippen LogP contribution >= 0.6 is 11.6 Å². The molecule has 0 saturated heterocycles. The number of benzene rings is 2. The summed E-state index contributed by atoms with van der Waals surface area (Å²) in [6.45, 7) is 1.39. The number of halogens is 4. The zero-order chi connectivity index (χ0) is 21.5. The van der Waals surface area contributed by atoms with Crippen LogP contribution in [-0.4, -0.2) is 15.0 Å². The zero-order valence-electron chi connectivity index (χ0n) is 15.3. The third-order valence-corrected chi connectivity index (χ3v) is 4.50. The van der Waals surface area contributed by atoms with Crippen LogP contribution in [0.4, 0.5) is 36.3 Å². The Morgan fingerprint density at radius 3 is 2.60 bits per heavy atom. The number of rotatable bonds is 4. The fraction of sp³-hybridized carbons (Fsp3) is 0.105. The van der Waals surface area contributed by atoms with E-state index in [0.717, 1.165) is 6.07 Å². The van der Waals surface area contributed by atoms with Crippen molar-refractivity contribution in [3.05, 3.63) is 69.3 Å². The van der Waals surface area contributed by atoms with Crippen LogP contribution < -0.4 is 16.4 Å². The molecular formula is C19H13ClF3N5O2. The molecule has 154 valence electrons. The number of alkyl halides is 3. The fourth-order valence-electron chi connectivity index (χ4n) is 2.82. The molecule has 0 aliphatic carbocycles. The minimum atomic E-state index is -4.47. The quantitative estimate of drug-likeness (QED) is 0.398. The van der Waals surface area contributed by atoms with Crippen molar-refractivity contribution in [2.75, 3.05) is 10.6 Å². The third-order valence-electron chi connectivity index (χ3n) is 4.22. The Labute approximate surface area is 171 Å². The van der Waals surface area contributed by atoms with Gasteiger partial charge in [0.15, 0.2) is 11.4 Å². The summed E-state index contributed by atoms with van der Waals surface area (Å²) in [4.78, 5) is 22.0. The number of hydrogen-bond acceptors (Lipinski definition) is 6. The van der Waals surface area contributed by atoms with Gasteiger partial charge in [-0.25, -0.2) is 9.78 Å². The average Bonchev–Trinajstić information content (AvgIpc) is 3.04. The molecule has 30 heavy (non-hydrogen) atoms. The number of oxazole rings is 1. The number of nitrogens with zero attached hydrogens (tertiary/aromatic N) is 2. The van der Waals surface area contributed by atoms with Gasteiger partial charge in [0.2, 0.25) is 5.95 Å². The smallest absolute Gasteiger partial charge is 0.408 e. The van der Waals surface area contributed by atoms with Crippen molar-refractivity contribution in [3.8, 4) is 0 Å². The highest BCUT2D eigenvalue weighted by atomic mass is 35.5. The van der Waals surface area contributed by atoms with Gasteiger partial charge in [0.25, 0.3) is 0 Å². The number of aromatic amines is 1. The molecule has 0 amide bonds. The summed E-state index contributed by atoms with van der Waals surface area (Å²) in [5, 5.41) is 5.92. The van der Waals surface area contributed by atoms with Crippen LogP contribution in [0.5, 0.6) is 0 Å². The van der Waals surface area contributed by atoms with E-state index in [2.05, 4.69) is 25.6 Å². The second kappa shape index (κ2) is 7.38. The molecule has 2 aromatic heterocycles. The molecule has 4 rings (SSSR count). The van der Waals surface area contributed by atoms with Crippen LogP contribution in [0.1, 0.15) is 11.1 Å². The topological polar surface area (TPSA) is 95.8 Å². The second-order valence-corrected chi connectivity index (χ2v) is 6.80. The summed E-state index contributed by atoms with van der Waals surface area (Å²) >= 11 is 6.14. The van der Waals surface area contributed by atoms with Crippen molar-refractivity contribution >= 4 is 45.8 Å². The molecule has 4 aromatic rings. The van der Waals surface area contributed by atoms with Gasteiger partial charge in [-0.05, 0) is 42.8 Å². The van der Waals surface area contributed by atoms with Crippen molar-refractivity contribution in [2.45, 2.75) is 13.1 Å². The Hall–Kier alpha value is -3.53. The lowest BCUT2D eigenvalue weighted by molar-refractivity contribution is -0.138. The van der Waals surface area contributed by atoms with Gasteiger partial charge < -0.3 is 15.1 Å². The predicted octanol–water partition coefficient (Wildman–Crippen LogP) is 5.38. The molecule has 0 spiro atoms. The van der Waals surface area contributed by atoms with Crippen LogP contribution in [0.3, 0.4) is 0 Å². The van der Waals surface area contributed by atoms with Crippen LogP contribution in [0, 0.1) is 6.92 Å². The third kappa shape index (κ3) is 4.08. The average molecular weight is 436 g/mol. The standard InChI is InChI=1S/C19H13ClF3N5O2/c1-9-2-3-10(6-12(9)19(21,22)23)26-17-24-8-13(20)16(28-17)25-11-4-5-15-14(7-11)27-18(29)30-15/h2-8H,1H3,(H,27,29)(H2,24,25,26,28). The Balaban J connectivity index is 1.61. The fourth-order valence-corrected chi connectivity index (χ4v) is 2.95. The zero-order valence-corrected chi connectivity index (χ0v) is 16.0. The highest BCUT2D eigenvalue weighted by Crippen LogP contribution is 2.34. The van der Waals surface area contributed by atoms with Crippen molar-refractivity contribution in [3.63, 3.8) is 0 Å². The maximum Gasteiger partial charge on any atom is 0.417 e. The van der Waals surface area contributed by atoms with E-state index in [9.17, 15) is 18.0 Å². The van der Waals surface area contributed by atoms with Crippen LogP contribution in [0.15, 0.2) is 51.8 Å². The second-order valence-electron chi connectivity index (χ2n) is 6.39. The highest BCUT2D eigenvalue weighted by Gasteiger charge is 2.32. The van der Waals surface area contributed by atoms with Gasteiger partial charge in [0, 0.05) is 11.4 Å². The molecule has 3 N–H and O–H groups in total. The van der Waals surface area contributed by atoms with Gasteiger partial charge in [0.1, 0.15) is 5.02 Å². The lowest BCUT2D eigenvalue weighted by atomic mass is 10.1. The molecule has 0 unspecified atom stereocenters. The molecule has 0 saturated carbocycles. The van der Waals surface area contributed by atoms with Gasteiger partial charge in [0.05, 0.1) is 17.3 Å². The first-order valence-corrected chi connectivity index (χ1v) is 8.94. The van der Waals surface area contributed by atoms with E-state index in [1.807, 2.05) is 0 Å². The number of hydrogen-bond donors (Lipinski definition) is 3. The normalized spacial score (nSPS) is 11.6. The molecule has 0 bridgehead atoms. The summed E-state index contributed by atoms with van der Waals surface area (Å²) in [6.07, 6.45) is -3.15. The predicted molar refractivity (Wildman–Crippen MR) is 107 cm³/mol. The number of nitrogens with one attached hydrogen (secondary N) is 3. The largest absolute Gasteiger partial charge is 0.417 e. The van der Waals surface area contributed by atoms with E-state index in [0.29, 0.717) is 16.8 Å². The van der Waals surface area contributed by atoms with E-state index in [4.69, 9.17) is 16.0 Å². The van der Waals surface area contributed by atoms with Crippen LogP contribution in [0.2, 0.25) is 5.02 Å². The number of aryl methyl sites for hydroxylation is 1. The van der Waals surface area contributed by atoms with Crippen LogP contribution in [0.25, 0.3) is 11.1 Å². The van der Waals surface area contributed by atoms with Crippen molar-refractivity contribution < 1.29 is 17.6 Å². The maximum atomic E-state index is 13.1. The lowest BCUT2D eigenvalue weighted by Gasteiger charge is -2.13. The first-order valence-electron chi connectivity index (χ1n) is 8.56. The Kier molecular flexibility index (Phi) is 4.86. The van der Waals surface area contributed by atoms with Gasteiger partial charge in [-0.3, -0.25) is 4.98 Å². The van der Waals surface area contributed by atoms with E-state index in [-0.39, 0.29) is 28.0 Å². The number of H-pyrrole nitrogens is 1. The Bertz CT molecular complexity index is 1300. The number of fused-ring (bicyclic) bond motifs is 1. The monoisotopic (exact) mass is 435 g/mol. The molecule has 0 aliphatic rings. The lowest BCUT2D eigenvalue weighted by Crippen LogP contribution is -2.08. The van der Waals surface area contributed by atoms with Crippen molar-refractivity contribution in [1.29, 1.82) is 0 Å². The first kappa shape index (κ1) is 19.8. The number of aromatic nitrogens is 3. The first-order chi connectivity index (χ1) is 14.2. The van der Waals surface area contributed by atoms with E-state index < -0.39 is 17.5 Å². The van der Waals surface area contributed by atoms with Crippen molar-refractivity contribution in [2.24, 2.45) is 0 Å². The Morgan fingerprint density at radius 1 is 1.10 bits per heavy atom. The summed E-state index contributed by atoms with van der Waals surface area (Å²) in [5.74, 6) is -0.302. The van der Waals surface area contributed by atoms with Gasteiger partial charge >= 0.3 is 11.9 Å². The van der Waals surface area contributed by atoms with E-state index in [1.54, 1.807) is 18.2 Å². The SMILES string of the molecule is Cc1ccc(Nc2ncc(Cl)c(Nc3ccc4oc(=O)[nH]c4c3)n2)cc1C(F)(F)F. The molecule has 2 aromatic carbocycles. The van der Waals surface area contributed by atoms with Crippen molar-refractivity contribution in [1.82, 2.24) is 15.0 Å². The maximum absolute atomic E-state index is 13.1. The molecule has 0 atom stereocenters. The number of anilines is 4. The molecule has 0 radical (unpaired) electrons. The van der Waals surface area contributed by atoms with Crippen LogP contribution in [-0.2, 0) is 6.18 Å². The molecule has 0 fully saturated rings. The molecular weight excluding hydrogens is 423 g/mol. The summed E-state index contributed by atoms with van der Waals surface area (Å²) in [6, 6.07) is 8.72. The molecule has 7 nitrogen and oxygen atoms in total. The minimum absolute atomic E-state index is 0.0525. The minimum Gasteiger partial charge on any atom is -0.408 e. The molecule has 2 heterocycles. The van der Waals surface area contributed by atoms with Gasteiger partial charge in [-0.2, -0.15) is 18.2 Å². The van der Waals surface area contributed by atoms with E-state index >= 15 is 0 Å². The molecule has 11 heteroatoms. The van der Waals surface area contributed by atoms with E-state index in [1.165, 1.54) is 25.3 Å². The van der Waals surface area contributed by atoms with Gasteiger partial charge in [-0.15, -0.1) is 0 Å². The highest BCUT2D eigenvalue weighted by molar-refractivity contribution is 6.32. The Morgan fingerprint density at radius 2 is 1.83 bits per heavy atom. The van der Waals surface area contributed by atoms with Gasteiger partial charge in [-0.1, -0.05) is 17.7 Å². The molecule has 0 aliphatic heterocycles. The summed E-state index contributed by atoms with van der Waals surface area (Å²) in [7, 11) is 0.